The van der Waals surface area contributed by atoms with Crippen molar-refractivity contribution in [3.63, 3.8) is 0 Å². The lowest BCUT2D eigenvalue weighted by molar-refractivity contribution is -0.0138. The standard InChI is InChI=1S/C14H19F2N3O3/c1-9-3-12(17-22-9)13(20)18-5-11(6-18)19-8-14(15,16)4-10(19)7-21-2/h3,10-11H,4-8H2,1-2H3/t10-/m0/s1. The van der Waals surface area contributed by atoms with Crippen molar-refractivity contribution < 1.29 is 22.8 Å². The lowest BCUT2D eigenvalue weighted by Gasteiger charge is -2.45. The van der Waals surface area contributed by atoms with Gasteiger partial charge in [0.1, 0.15) is 5.76 Å². The summed E-state index contributed by atoms with van der Waals surface area (Å²) in [5.41, 5.74) is 0.260. The third-order valence-electron chi connectivity index (χ3n) is 4.24. The number of alkyl halides is 2. The Labute approximate surface area is 127 Å². The first-order chi connectivity index (χ1) is 10.4. The lowest BCUT2D eigenvalue weighted by Crippen LogP contribution is -2.62. The summed E-state index contributed by atoms with van der Waals surface area (Å²) in [5.74, 6) is -2.33. The predicted molar refractivity (Wildman–Crippen MR) is 72.9 cm³/mol. The molecule has 3 rings (SSSR count). The highest BCUT2D eigenvalue weighted by Gasteiger charge is 2.50. The van der Waals surface area contributed by atoms with Crippen LogP contribution in [0, 0.1) is 6.92 Å². The van der Waals surface area contributed by atoms with Crippen LogP contribution < -0.4 is 0 Å². The molecule has 0 bridgehead atoms. The van der Waals surface area contributed by atoms with E-state index in [0.717, 1.165) is 0 Å². The maximum absolute atomic E-state index is 13.6. The Morgan fingerprint density at radius 3 is 2.86 bits per heavy atom. The van der Waals surface area contributed by atoms with Crippen LogP contribution in [0.4, 0.5) is 8.78 Å². The topological polar surface area (TPSA) is 58.8 Å². The zero-order chi connectivity index (χ0) is 15.9. The fourth-order valence-electron chi connectivity index (χ4n) is 3.16. The number of rotatable bonds is 4. The summed E-state index contributed by atoms with van der Waals surface area (Å²) in [5, 5.41) is 3.69. The second-order valence-corrected chi connectivity index (χ2v) is 6.03. The van der Waals surface area contributed by atoms with E-state index in [1.165, 1.54) is 7.11 Å². The smallest absolute Gasteiger partial charge is 0.276 e. The largest absolute Gasteiger partial charge is 0.383 e. The first-order valence-corrected chi connectivity index (χ1v) is 7.25. The van der Waals surface area contributed by atoms with Crippen LogP contribution in [0.3, 0.4) is 0 Å². The molecule has 0 aromatic carbocycles. The van der Waals surface area contributed by atoms with E-state index in [1.807, 2.05) is 0 Å². The summed E-state index contributed by atoms with van der Waals surface area (Å²) >= 11 is 0. The third-order valence-corrected chi connectivity index (χ3v) is 4.24. The van der Waals surface area contributed by atoms with Crippen molar-refractivity contribution in [3.8, 4) is 0 Å². The first-order valence-electron chi connectivity index (χ1n) is 7.25. The molecule has 2 fully saturated rings. The summed E-state index contributed by atoms with van der Waals surface area (Å²) in [7, 11) is 1.51. The minimum Gasteiger partial charge on any atom is -0.383 e. The SMILES string of the molecule is COC[C@@H]1CC(F)(F)CN1C1CN(C(=O)c2cc(C)on2)C1. The van der Waals surface area contributed by atoms with Crippen molar-refractivity contribution in [2.24, 2.45) is 0 Å². The molecular weight excluding hydrogens is 296 g/mol. The van der Waals surface area contributed by atoms with E-state index < -0.39 is 5.92 Å². The molecule has 2 saturated heterocycles. The van der Waals surface area contributed by atoms with E-state index in [0.29, 0.717) is 18.8 Å². The number of aromatic nitrogens is 1. The number of hydrogen-bond donors (Lipinski definition) is 0. The number of halogens is 2. The number of likely N-dealkylation sites (tertiary alicyclic amines) is 2. The lowest BCUT2D eigenvalue weighted by atomic mass is 10.1. The Bertz CT molecular complexity index is 557. The van der Waals surface area contributed by atoms with Crippen molar-refractivity contribution in [3.05, 3.63) is 17.5 Å². The maximum Gasteiger partial charge on any atom is 0.276 e. The second-order valence-electron chi connectivity index (χ2n) is 6.03. The Kier molecular flexibility index (Phi) is 3.90. The molecule has 0 saturated carbocycles. The van der Waals surface area contributed by atoms with Gasteiger partial charge >= 0.3 is 0 Å². The quantitative estimate of drug-likeness (QED) is 0.834. The zero-order valence-corrected chi connectivity index (χ0v) is 12.6. The molecule has 2 aliphatic heterocycles. The zero-order valence-electron chi connectivity index (χ0n) is 12.6. The van der Waals surface area contributed by atoms with E-state index in [4.69, 9.17) is 9.26 Å². The molecule has 3 heterocycles. The average molecular weight is 315 g/mol. The average Bonchev–Trinajstić information content (AvgIpc) is 2.92. The normalized spacial score (nSPS) is 25.5. The number of hydrogen-bond acceptors (Lipinski definition) is 5. The molecule has 22 heavy (non-hydrogen) atoms. The van der Waals surface area contributed by atoms with Crippen LogP contribution in [0.15, 0.2) is 10.6 Å². The van der Waals surface area contributed by atoms with Crippen LogP contribution in [0.25, 0.3) is 0 Å². The molecule has 8 heteroatoms. The highest BCUT2D eigenvalue weighted by atomic mass is 19.3. The minimum atomic E-state index is -2.68. The molecule has 0 radical (unpaired) electrons. The van der Waals surface area contributed by atoms with Crippen molar-refractivity contribution in [1.29, 1.82) is 0 Å². The monoisotopic (exact) mass is 315 g/mol. The molecule has 0 unspecified atom stereocenters. The van der Waals surface area contributed by atoms with Gasteiger partial charge in [-0.25, -0.2) is 8.78 Å². The third kappa shape index (κ3) is 2.85. The molecule has 1 amide bonds. The van der Waals surface area contributed by atoms with Gasteiger partial charge in [-0.2, -0.15) is 0 Å². The van der Waals surface area contributed by atoms with Crippen LogP contribution >= 0.6 is 0 Å². The Hall–Kier alpha value is -1.54. The van der Waals surface area contributed by atoms with E-state index in [2.05, 4.69) is 5.16 Å². The van der Waals surface area contributed by atoms with Gasteiger partial charge in [0.25, 0.3) is 11.8 Å². The van der Waals surface area contributed by atoms with Gasteiger partial charge in [-0.15, -0.1) is 0 Å². The number of methoxy groups -OCH3 is 1. The highest BCUT2D eigenvalue weighted by molar-refractivity contribution is 5.92. The van der Waals surface area contributed by atoms with Crippen molar-refractivity contribution in [2.45, 2.75) is 31.4 Å². The summed E-state index contributed by atoms with van der Waals surface area (Å²) < 4.78 is 37.1. The van der Waals surface area contributed by atoms with Gasteiger partial charge in [0.15, 0.2) is 5.69 Å². The number of ether oxygens (including phenoxy) is 1. The number of carbonyl (C=O) groups is 1. The maximum atomic E-state index is 13.6. The number of nitrogens with zero attached hydrogens (tertiary/aromatic N) is 3. The first kappa shape index (κ1) is 15.4. The second kappa shape index (κ2) is 5.58. The van der Waals surface area contributed by atoms with Crippen LogP contribution in [-0.2, 0) is 4.74 Å². The fraction of sp³-hybridized carbons (Fsp3) is 0.714. The van der Waals surface area contributed by atoms with Gasteiger partial charge in [0.05, 0.1) is 13.2 Å². The molecule has 122 valence electrons. The summed E-state index contributed by atoms with van der Waals surface area (Å²) in [6.45, 7) is 2.59. The van der Waals surface area contributed by atoms with Gasteiger partial charge < -0.3 is 14.2 Å². The van der Waals surface area contributed by atoms with E-state index in [1.54, 1.807) is 22.8 Å². The fourth-order valence-corrected chi connectivity index (χ4v) is 3.16. The molecular formula is C14H19F2N3O3. The van der Waals surface area contributed by atoms with E-state index >= 15 is 0 Å². The number of amides is 1. The van der Waals surface area contributed by atoms with Crippen LogP contribution in [0.5, 0.6) is 0 Å². The molecule has 1 atom stereocenters. The van der Waals surface area contributed by atoms with Gasteiger partial charge in [0, 0.05) is 44.8 Å². The van der Waals surface area contributed by atoms with Crippen molar-refractivity contribution in [1.82, 2.24) is 15.0 Å². The highest BCUT2D eigenvalue weighted by Crippen LogP contribution is 2.35. The summed E-state index contributed by atoms with van der Waals surface area (Å²) in [4.78, 5) is 15.5. The predicted octanol–water partition coefficient (Wildman–Crippen LogP) is 1.16. The Morgan fingerprint density at radius 1 is 1.55 bits per heavy atom. The van der Waals surface area contributed by atoms with Gasteiger partial charge in [-0.05, 0) is 6.92 Å². The molecule has 0 spiro atoms. The van der Waals surface area contributed by atoms with E-state index in [9.17, 15) is 13.6 Å². The van der Waals surface area contributed by atoms with Crippen LogP contribution in [0.2, 0.25) is 0 Å². The van der Waals surface area contributed by atoms with E-state index in [-0.39, 0.29) is 43.3 Å². The summed E-state index contributed by atoms with van der Waals surface area (Å²) in [6.07, 6.45) is -0.187. The molecule has 2 aliphatic rings. The Morgan fingerprint density at radius 2 is 2.27 bits per heavy atom. The van der Waals surface area contributed by atoms with Crippen LogP contribution in [-0.4, -0.2) is 72.2 Å². The number of aryl methyl sites for hydroxylation is 1. The van der Waals surface area contributed by atoms with Crippen LogP contribution in [0.1, 0.15) is 22.7 Å². The molecule has 1 aromatic heterocycles. The number of carbonyl (C=O) groups excluding carboxylic acids is 1. The van der Waals surface area contributed by atoms with Gasteiger partial charge in [0.2, 0.25) is 0 Å². The summed E-state index contributed by atoms with van der Waals surface area (Å²) in [6, 6.07) is 1.23. The van der Waals surface area contributed by atoms with Gasteiger partial charge in [-0.3, -0.25) is 9.69 Å². The van der Waals surface area contributed by atoms with Crippen molar-refractivity contribution >= 4 is 5.91 Å². The molecule has 0 N–H and O–H groups in total. The van der Waals surface area contributed by atoms with Crippen molar-refractivity contribution in [2.75, 3.05) is 33.4 Å². The molecule has 0 aliphatic carbocycles. The molecule has 1 aromatic rings. The Balaban J connectivity index is 1.59. The molecule has 6 nitrogen and oxygen atoms in total. The minimum absolute atomic E-state index is 0.0505. The van der Waals surface area contributed by atoms with Gasteiger partial charge in [-0.1, -0.05) is 5.16 Å².